The number of benzene rings is 4. The van der Waals surface area contributed by atoms with Gasteiger partial charge in [0.1, 0.15) is 11.0 Å². The lowest BCUT2D eigenvalue weighted by Gasteiger charge is -2.08. The molecule has 1 N–H and O–H groups in total. The van der Waals surface area contributed by atoms with Gasteiger partial charge < -0.3 is 9.47 Å². The first kappa shape index (κ1) is 16.7. The van der Waals surface area contributed by atoms with E-state index in [-0.39, 0.29) is 6.79 Å². The van der Waals surface area contributed by atoms with Crippen LogP contribution in [-0.4, -0.2) is 28.2 Å². The molecule has 4 aromatic carbocycles. The lowest BCUT2D eigenvalue weighted by atomic mass is 10.00. The van der Waals surface area contributed by atoms with Gasteiger partial charge >= 0.3 is 0 Å². The molecule has 1 aromatic heterocycles. The summed E-state index contributed by atoms with van der Waals surface area (Å²) in [6.45, 7) is 0.243. The standard InChI is InChI=1S/C23H15N5O2/c1-3-7-17-15(5-1)16-6-2-4-8-18(16)22-21(17)25-23(28-26-22)27-24-12-14-9-10-19-20(11-14)30-13-29-19/h1-12H,13H2,(H,25,27,28). The second-order valence-corrected chi connectivity index (χ2v) is 6.91. The van der Waals surface area contributed by atoms with Crippen LogP contribution in [0.15, 0.2) is 71.8 Å². The average molecular weight is 393 g/mol. The second kappa shape index (κ2) is 6.66. The molecule has 0 spiro atoms. The minimum atomic E-state index is 0.243. The molecule has 0 saturated carbocycles. The highest BCUT2D eigenvalue weighted by Crippen LogP contribution is 2.33. The summed E-state index contributed by atoms with van der Waals surface area (Å²) in [4.78, 5) is 4.70. The molecule has 5 aromatic rings. The summed E-state index contributed by atoms with van der Waals surface area (Å²) in [7, 11) is 0. The van der Waals surface area contributed by atoms with Gasteiger partial charge in [0.25, 0.3) is 5.95 Å². The van der Waals surface area contributed by atoms with Gasteiger partial charge in [-0.3, -0.25) is 0 Å². The molecule has 144 valence electrons. The maximum absolute atomic E-state index is 5.39. The highest BCUT2D eigenvalue weighted by Gasteiger charge is 2.13. The highest BCUT2D eigenvalue weighted by atomic mass is 16.7. The van der Waals surface area contributed by atoms with Gasteiger partial charge in [0.15, 0.2) is 11.5 Å². The number of fused-ring (bicyclic) bond motifs is 7. The van der Waals surface area contributed by atoms with Gasteiger partial charge in [0, 0.05) is 10.8 Å². The lowest BCUT2D eigenvalue weighted by molar-refractivity contribution is 0.174. The van der Waals surface area contributed by atoms with E-state index in [1.54, 1.807) is 6.21 Å². The van der Waals surface area contributed by atoms with E-state index in [9.17, 15) is 0 Å². The second-order valence-electron chi connectivity index (χ2n) is 6.91. The van der Waals surface area contributed by atoms with Gasteiger partial charge in [-0.1, -0.05) is 48.5 Å². The fraction of sp³-hybridized carbons (Fsp3) is 0.0435. The van der Waals surface area contributed by atoms with E-state index in [0.29, 0.717) is 11.7 Å². The Morgan fingerprint density at radius 1 is 0.767 bits per heavy atom. The molecule has 0 radical (unpaired) electrons. The number of anilines is 1. The Kier molecular flexibility index (Phi) is 3.70. The van der Waals surface area contributed by atoms with E-state index in [2.05, 4.69) is 38.9 Å². The van der Waals surface area contributed by atoms with Crippen molar-refractivity contribution in [3.63, 3.8) is 0 Å². The normalized spacial score (nSPS) is 12.9. The van der Waals surface area contributed by atoms with Crippen LogP contribution in [0.25, 0.3) is 32.6 Å². The van der Waals surface area contributed by atoms with E-state index < -0.39 is 0 Å². The van der Waals surface area contributed by atoms with Crippen molar-refractivity contribution in [1.29, 1.82) is 0 Å². The number of nitrogens with zero attached hydrogens (tertiary/aromatic N) is 4. The van der Waals surface area contributed by atoms with Crippen LogP contribution in [0.2, 0.25) is 0 Å². The smallest absolute Gasteiger partial charge is 0.263 e. The Balaban J connectivity index is 1.40. The van der Waals surface area contributed by atoms with Crippen LogP contribution >= 0.6 is 0 Å². The fourth-order valence-corrected chi connectivity index (χ4v) is 3.75. The van der Waals surface area contributed by atoms with E-state index >= 15 is 0 Å². The van der Waals surface area contributed by atoms with Crippen molar-refractivity contribution in [3.05, 3.63) is 72.3 Å². The molecule has 2 heterocycles. The Morgan fingerprint density at radius 2 is 1.47 bits per heavy atom. The van der Waals surface area contributed by atoms with Gasteiger partial charge in [0.2, 0.25) is 6.79 Å². The molecule has 0 saturated heterocycles. The monoisotopic (exact) mass is 393 g/mol. The minimum absolute atomic E-state index is 0.243. The molecule has 30 heavy (non-hydrogen) atoms. The summed E-state index contributed by atoms with van der Waals surface area (Å²) in [6.07, 6.45) is 1.67. The van der Waals surface area contributed by atoms with E-state index in [1.165, 1.54) is 0 Å². The van der Waals surface area contributed by atoms with Crippen LogP contribution in [0.1, 0.15) is 5.56 Å². The van der Waals surface area contributed by atoms with Gasteiger partial charge in [-0.2, -0.15) is 5.10 Å². The van der Waals surface area contributed by atoms with Crippen LogP contribution in [0.4, 0.5) is 5.95 Å². The first-order valence-corrected chi connectivity index (χ1v) is 9.49. The quantitative estimate of drug-likeness (QED) is 0.276. The number of hydrazone groups is 1. The van der Waals surface area contributed by atoms with Crippen LogP contribution in [-0.2, 0) is 0 Å². The summed E-state index contributed by atoms with van der Waals surface area (Å²) in [6, 6.07) is 22.0. The zero-order chi connectivity index (χ0) is 19.9. The Morgan fingerprint density at radius 3 is 2.27 bits per heavy atom. The predicted molar refractivity (Wildman–Crippen MR) is 116 cm³/mol. The summed E-state index contributed by atoms with van der Waals surface area (Å²) in [5.74, 6) is 1.78. The number of aromatic nitrogens is 3. The van der Waals surface area contributed by atoms with E-state index in [0.717, 1.165) is 43.9 Å². The van der Waals surface area contributed by atoms with Crippen LogP contribution in [0, 0.1) is 0 Å². The Labute approximate surface area is 171 Å². The van der Waals surface area contributed by atoms with Gasteiger partial charge in [0.05, 0.1) is 6.21 Å². The van der Waals surface area contributed by atoms with Crippen molar-refractivity contribution in [2.24, 2.45) is 5.10 Å². The third kappa shape index (κ3) is 2.68. The molecule has 1 aliphatic heterocycles. The van der Waals surface area contributed by atoms with Crippen LogP contribution in [0.5, 0.6) is 11.5 Å². The molecule has 6 rings (SSSR count). The first-order valence-electron chi connectivity index (χ1n) is 9.49. The van der Waals surface area contributed by atoms with Crippen molar-refractivity contribution >= 4 is 44.7 Å². The van der Waals surface area contributed by atoms with E-state index in [1.807, 2.05) is 48.5 Å². The highest BCUT2D eigenvalue weighted by molar-refractivity contribution is 6.22. The van der Waals surface area contributed by atoms with E-state index in [4.69, 9.17) is 14.5 Å². The number of hydrogen-bond acceptors (Lipinski definition) is 7. The molecule has 0 unspecified atom stereocenters. The average Bonchev–Trinajstić information content (AvgIpc) is 3.27. The Bertz CT molecular complexity index is 1430. The molecule has 0 fully saturated rings. The third-order valence-corrected chi connectivity index (χ3v) is 5.12. The summed E-state index contributed by atoms with van der Waals surface area (Å²) < 4.78 is 10.7. The molecule has 7 heteroatoms. The molecular weight excluding hydrogens is 378 g/mol. The number of hydrogen-bond donors (Lipinski definition) is 1. The van der Waals surface area contributed by atoms with Crippen molar-refractivity contribution in [3.8, 4) is 11.5 Å². The van der Waals surface area contributed by atoms with Crippen LogP contribution in [0.3, 0.4) is 0 Å². The summed E-state index contributed by atoms with van der Waals surface area (Å²) in [5, 5.41) is 17.3. The Hall–Kier alpha value is -4.26. The maximum atomic E-state index is 5.39. The minimum Gasteiger partial charge on any atom is -0.454 e. The third-order valence-electron chi connectivity index (χ3n) is 5.12. The molecule has 1 aliphatic rings. The number of rotatable bonds is 3. The number of nitrogens with one attached hydrogen (secondary N) is 1. The van der Waals surface area contributed by atoms with Crippen molar-refractivity contribution in [1.82, 2.24) is 15.2 Å². The zero-order valence-electron chi connectivity index (χ0n) is 15.7. The SMILES string of the molecule is C(=NNc1nnc2c3ccccc3c3ccccc3c2n1)c1ccc2c(c1)OCO2. The lowest BCUT2D eigenvalue weighted by Crippen LogP contribution is -2.00. The van der Waals surface area contributed by atoms with Gasteiger partial charge in [-0.15, -0.1) is 10.2 Å². The molecule has 0 atom stereocenters. The molecular formula is C23H15N5O2. The largest absolute Gasteiger partial charge is 0.454 e. The van der Waals surface area contributed by atoms with Crippen molar-refractivity contribution < 1.29 is 9.47 Å². The predicted octanol–water partition coefficient (Wildman–Crippen LogP) is 4.51. The molecule has 0 aliphatic carbocycles. The number of ether oxygens (including phenoxy) is 2. The molecule has 7 nitrogen and oxygen atoms in total. The summed E-state index contributed by atoms with van der Waals surface area (Å²) >= 11 is 0. The maximum Gasteiger partial charge on any atom is 0.263 e. The first-order chi connectivity index (χ1) is 14.9. The summed E-state index contributed by atoms with van der Waals surface area (Å²) in [5.41, 5.74) is 5.32. The van der Waals surface area contributed by atoms with Crippen molar-refractivity contribution in [2.75, 3.05) is 12.2 Å². The van der Waals surface area contributed by atoms with Crippen molar-refractivity contribution in [2.45, 2.75) is 0 Å². The zero-order valence-corrected chi connectivity index (χ0v) is 15.7. The van der Waals surface area contributed by atoms with Gasteiger partial charge in [-0.25, -0.2) is 10.4 Å². The molecule has 0 bridgehead atoms. The van der Waals surface area contributed by atoms with Gasteiger partial charge in [-0.05, 0) is 34.5 Å². The fourth-order valence-electron chi connectivity index (χ4n) is 3.75. The topological polar surface area (TPSA) is 81.5 Å². The molecule has 0 amide bonds. The van der Waals surface area contributed by atoms with Crippen LogP contribution < -0.4 is 14.9 Å².